The standard InChI is InChI=1S/C11H18N2/c1-8(6-12)13-7-10-4-2-3-9-5-11(9)10/h8-11,13H,2-5,7H2,1H3. The van der Waals surface area contributed by atoms with Crippen molar-refractivity contribution in [3.05, 3.63) is 0 Å². The van der Waals surface area contributed by atoms with Gasteiger partial charge in [-0.3, -0.25) is 0 Å². The average molecular weight is 178 g/mol. The molecule has 0 saturated heterocycles. The van der Waals surface area contributed by atoms with Crippen LogP contribution in [-0.2, 0) is 0 Å². The second-order valence-electron chi connectivity index (χ2n) is 4.61. The molecule has 0 amide bonds. The van der Waals surface area contributed by atoms with Crippen molar-refractivity contribution >= 4 is 0 Å². The van der Waals surface area contributed by atoms with Crippen LogP contribution in [0.1, 0.15) is 32.6 Å². The summed E-state index contributed by atoms with van der Waals surface area (Å²) < 4.78 is 0. The Morgan fingerprint density at radius 3 is 3.15 bits per heavy atom. The van der Waals surface area contributed by atoms with Gasteiger partial charge in [0, 0.05) is 0 Å². The number of nitriles is 1. The molecular weight excluding hydrogens is 160 g/mol. The second-order valence-corrected chi connectivity index (χ2v) is 4.61. The van der Waals surface area contributed by atoms with Crippen LogP contribution in [0.5, 0.6) is 0 Å². The number of hydrogen-bond donors (Lipinski definition) is 1. The molecule has 2 saturated carbocycles. The average Bonchev–Trinajstić information content (AvgIpc) is 2.92. The summed E-state index contributed by atoms with van der Waals surface area (Å²) >= 11 is 0. The molecule has 2 heteroatoms. The number of nitrogens with zero attached hydrogens (tertiary/aromatic N) is 1. The van der Waals surface area contributed by atoms with E-state index >= 15 is 0 Å². The van der Waals surface area contributed by atoms with Crippen LogP contribution in [0.3, 0.4) is 0 Å². The largest absolute Gasteiger partial charge is 0.302 e. The van der Waals surface area contributed by atoms with Crippen LogP contribution >= 0.6 is 0 Å². The molecule has 0 bridgehead atoms. The van der Waals surface area contributed by atoms with Gasteiger partial charge in [-0.05, 0) is 44.1 Å². The van der Waals surface area contributed by atoms with Crippen molar-refractivity contribution in [2.45, 2.75) is 38.6 Å². The zero-order valence-electron chi connectivity index (χ0n) is 8.29. The van der Waals surface area contributed by atoms with E-state index in [1.54, 1.807) is 0 Å². The molecule has 0 heterocycles. The molecule has 2 aliphatic carbocycles. The SMILES string of the molecule is CC(C#N)NCC1CCCC2CC12. The lowest BCUT2D eigenvalue weighted by molar-refractivity contribution is 0.318. The molecule has 13 heavy (non-hydrogen) atoms. The van der Waals surface area contributed by atoms with Gasteiger partial charge in [-0.25, -0.2) is 0 Å². The molecular formula is C11H18N2. The molecule has 4 atom stereocenters. The van der Waals surface area contributed by atoms with Gasteiger partial charge in [-0.15, -0.1) is 0 Å². The van der Waals surface area contributed by atoms with E-state index in [1.165, 1.54) is 25.7 Å². The summed E-state index contributed by atoms with van der Waals surface area (Å²) in [6.07, 6.45) is 5.73. The molecule has 2 rings (SSSR count). The third kappa shape index (κ3) is 2.03. The Balaban J connectivity index is 1.73. The molecule has 1 N–H and O–H groups in total. The quantitative estimate of drug-likeness (QED) is 0.716. The zero-order valence-corrected chi connectivity index (χ0v) is 8.29. The fraction of sp³-hybridized carbons (Fsp3) is 0.909. The normalized spacial score (nSPS) is 38.9. The minimum atomic E-state index is 0.0270. The van der Waals surface area contributed by atoms with Crippen molar-refractivity contribution in [2.75, 3.05) is 6.54 Å². The van der Waals surface area contributed by atoms with Gasteiger partial charge in [-0.2, -0.15) is 5.26 Å². The Labute approximate surface area is 80.3 Å². The van der Waals surface area contributed by atoms with E-state index in [0.717, 1.165) is 24.3 Å². The van der Waals surface area contributed by atoms with Crippen LogP contribution in [0.4, 0.5) is 0 Å². The maximum Gasteiger partial charge on any atom is 0.0924 e. The molecule has 0 aliphatic heterocycles. The minimum absolute atomic E-state index is 0.0270. The number of fused-ring (bicyclic) bond motifs is 1. The fourth-order valence-electron chi connectivity index (χ4n) is 2.66. The van der Waals surface area contributed by atoms with Crippen LogP contribution in [0.25, 0.3) is 0 Å². The van der Waals surface area contributed by atoms with Gasteiger partial charge in [0.1, 0.15) is 0 Å². The first kappa shape index (κ1) is 9.02. The van der Waals surface area contributed by atoms with Crippen molar-refractivity contribution in [1.82, 2.24) is 5.32 Å². The first-order valence-corrected chi connectivity index (χ1v) is 5.44. The maximum atomic E-state index is 8.63. The molecule has 2 nitrogen and oxygen atoms in total. The van der Waals surface area contributed by atoms with E-state index in [9.17, 15) is 0 Å². The predicted octanol–water partition coefficient (Wildman–Crippen LogP) is 1.92. The number of nitrogens with one attached hydrogen (secondary N) is 1. The van der Waals surface area contributed by atoms with Crippen molar-refractivity contribution in [3.8, 4) is 6.07 Å². The monoisotopic (exact) mass is 178 g/mol. The molecule has 2 aliphatic rings. The topological polar surface area (TPSA) is 35.8 Å². The zero-order chi connectivity index (χ0) is 9.26. The van der Waals surface area contributed by atoms with Gasteiger partial charge in [-0.1, -0.05) is 12.8 Å². The lowest BCUT2D eigenvalue weighted by Crippen LogP contribution is -2.32. The van der Waals surface area contributed by atoms with E-state index in [0.29, 0.717) is 0 Å². The highest BCUT2D eigenvalue weighted by atomic mass is 14.9. The molecule has 0 aromatic carbocycles. The van der Waals surface area contributed by atoms with Crippen LogP contribution in [0.2, 0.25) is 0 Å². The highest BCUT2D eigenvalue weighted by Gasteiger charge is 2.44. The maximum absolute atomic E-state index is 8.63. The summed E-state index contributed by atoms with van der Waals surface area (Å²) in [5, 5.41) is 11.9. The summed E-state index contributed by atoms with van der Waals surface area (Å²) in [7, 11) is 0. The van der Waals surface area contributed by atoms with Crippen molar-refractivity contribution in [2.24, 2.45) is 17.8 Å². The Kier molecular flexibility index (Phi) is 2.55. The third-order valence-electron chi connectivity index (χ3n) is 3.61. The van der Waals surface area contributed by atoms with Gasteiger partial charge >= 0.3 is 0 Å². The Morgan fingerprint density at radius 2 is 2.38 bits per heavy atom. The van der Waals surface area contributed by atoms with Crippen LogP contribution in [0, 0.1) is 29.1 Å². The lowest BCUT2D eigenvalue weighted by atomic mass is 9.89. The van der Waals surface area contributed by atoms with Crippen molar-refractivity contribution in [1.29, 1.82) is 5.26 Å². The number of hydrogen-bond acceptors (Lipinski definition) is 2. The van der Waals surface area contributed by atoms with Crippen LogP contribution in [0.15, 0.2) is 0 Å². The van der Waals surface area contributed by atoms with Crippen LogP contribution < -0.4 is 5.32 Å². The molecule has 0 aromatic heterocycles. The summed E-state index contributed by atoms with van der Waals surface area (Å²) in [4.78, 5) is 0. The molecule has 2 fully saturated rings. The van der Waals surface area contributed by atoms with Crippen LogP contribution in [-0.4, -0.2) is 12.6 Å². The van der Waals surface area contributed by atoms with Gasteiger partial charge < -0.3 is 5.32 Å². The van der Waals surface area contributed by atoms with E-state index < -0.39 is 0 Å². The summed E-state index contributed by atoms with van der Waals surface area (Å²) in [5.74, 6) is 2.93. The lowest BCUT2D eigenvalue weighted by Gasteiger charge is -2.22. The highest BCUT2D eigenvalue weighted by Crippen LogP contribution is 2.52. The van der Waals surface area contributed by atoms with Crippen molar-refractivity contribution < 1.29 is 0 Å². The smallest absolute Gasteiger partial charge is 0.0924 e. The molecule has 0 spiro atoms. The first-order chi connectivity index (χ1) is 6.31. The number of rotatable bonds is 3. The molecule has 72 valence electrons. The van der Waals surface area contributed by atoms with E-state index in [1.807, 2.05) is 6.92 Å². The molecule has 0 aromatic rings. The highest BCUT2D eigenvalue weighted by molar-refractivity contribution is 4.96. The van der Waals surface area contributed by atoms with Crippen molar-refractivity contribution in [3.63, 3.8) is 0 Å². The summed E-state index contributed by atoms with van der Waals surface area (Å²) in [5.41, 5.74) is 0. The molecule has 0 radical (unpaired) electrons. The van der Waals surface area contributed by atoms with Gasteiger partial charge in [0.15, 0.2) is 0 Å². The molecule has 4 unspecified atom stereocenters. The van der Waals surface area contributed by atoms with Gasteiger partial charge in [0.25, 0.3) is 0 Å². The van der Waals surface area contributed by atoms with Gasteiger partial charge in [0.05, 0.1) is 12.1 Å². The Morgan fingerprint density at radius 1 is 1.54 bits per heavy atom. The predicted molar refractivity (Wildman–Crippen MR) is 52.0 cm³/mol. The second kappa shape index (κ2) is 3.67. The van der Waals surface area contributed by atoms with E-state index in [2.05, 4.69) is 11.4 Å². The summed E-state index contributed by atoms with van der Waals surface area (Å²) in [6.45, 7) is 3.00. The minimum Gasteiger partial charge on any atom is -0.302 e. The van der Waals surface area contributed by atoms with Gasteiger partial charge in [0.2, 0.25) is 0 Å². The fourth-order valence-corrected chi connectivity index (χ4v) is 2.66. The first-order valence-electron chi connectivity index (χ1n) is 5.44. The van der Waals surface area contributed by atoms with E-state index in [4.69, 9.17) is 5.26 Å². The summed E-state index contributed by atoms with van der Waals surface area (Å²) in [6, 6.07) is 2.25. The Hall–Kier alpha value is -0.550. The third-order valence-corrected chi connectivity index (χ3v) is 3.61. The van der Waals surface area contributed by atoms with E-state index in [-0.39, 0.29) is 6.04 Å². The Bertz CT molecular complexity index is 219.